The predicted octanol–water partition coefficient (Wildman–Crippen LogP) is 13.7. The first-order valence-electron chi connectivity index (χ1n) is 19.4. The maximum atomic E-state index is 5.12. The molecule has 0 aliphatic carbocycles. The minimum Gasteiger partial charge on any atom is -0.309 e. The molecule has 0 saturated carbocycles. The average molecular weight is 725 g/mol. The molecule has 0 saturated heterocycles. The summed E-state index contributed by atoms with van der Waals surface area (Å²) in [5.74, 6) is 1.95. The number of nitrogens with zero attached hydrogens (tertiary/aromatic N) is 4. The quantitative estimate of drug-likeness (QED) is 0.131. The first-order chi connectivity index (χ1) is 28.3. The topological polar surface area (TPSA) is 43.6 Å². The minimum absolute atomic E-state index is 0.647. The van der Waals surface area contributed by atoms with Gasteiger partial charge in [-0.3, -0.25) is 0 Å². The van der Waals surface area contributed by atoms with Crippen LogP contribution in [0.1, 0.15) is 0 Å². The lowest BCUT2D eigenvalue weighted by atomic mass is 9.89. The summed E-state index contributed by atoms with van der Waals surface area (Å²) in [6.07, 6.45) is 0. The first kappa shape index (κ1) is 31.6. The van der Waals surface area contributed by atoms with Crippen molar-refractivity contribution in [1.29, 1.82) is 0 Å². The molecule has 0 N–H and O–H groups in total. The van der Waals surface area contributed by atoms with E-state index in [2.05, 4.69) is 162 Å². The monoisotopic (exact) mass is 724 g/mol. The molecule has 0 aliphatic heterocycles. The number of fused-ring (bicyclic) bond motifs is 5. The van der Waals surface area contributed by atoms with Crippen LogP contribution in [-0.4, -0.2) is 19.5 Å². The van der Waals surface area contributed by atoms with Crippen LogP contribution in [0, 0.1) is 0 Å². The molecule has 0 radical (unpaired) electrons. The summed E-state index contributed by atoms with van der Waals surface area (Å²) < 4.78 is 2.45. The molecule has 57 heavy (non-hydrogen) atoms. The van der Waals surface area contributed by atoms with E-state index in [9.17, 15) is 0 Å². The Morgan fingerprint density at radius 3 is 1.47 bits per heavy atom. The van der Waals surface area contributed by atoms with E-state index in [1.807, 2.05) is 36.4 Å². The van der Waals surface area contributed by atoms with Crippen LogP contribution in [0.2, 0.25) is 0 Å². The van der Waals surface area contributed by atoms with Crippen LogP contribution < -0.4 is 0 Å². The lowest BCUT2D eigenvalue weighted by Crippen LogP contribution is -2.00. The maximum absolute atomic E-state index is 5.12. The number of para-hydroxylation sites is 1. The van der Waals surface area contributed by atoms with Gasteiger partial charge < -0.3 is 4.57 Å². The Morgan fingerprint density at radius 1 is 0.298 bits per heavy atom. The largest absolute Gasteiger partial charge is 0.309 e. The Hall–Kier alpha value is -7.69. The van der Waals surface area contributed by atoms with Gasteiger partial charge >= 0.3 is 0 Å². The van der Waals surface area contributed by atoms with Crippen LogP contribution in [-0.2, 0) is 0 Å². The Bertz CT molecular complexity index is 3440. The van der Waals surface area contributed by atoms with E-state index >= 15 is 0 Å². The average Bonchev–Trinajstić information content (AvgIpc) is 3.63. The van der Waals surface area contributed by atoms with Gasteiger partial charge in [-0.2, -0.15) is 0 Å². The first-order valence-corrected chi connectivity index (χ1v) is 19.4. The van der Waals surface area contributed by atoms with Gasteiger partial charge in [-0.1, -0.05) is 146 Å². The lowest BCUT2D eigenvalue weighted by molar-refractivity contribution is 1.08. The lowest BCUT2D eigenvalue weighted by Gasteiger charge is -2.15. The highest BCUT2D eigenvalue weighted by Crippen LogP contribution is 2.47. The fourth-order valence-electron chi connectivity index (χ4n) is 8.99. The van der Waals surface area contributed by atoms with Crippen LogP contribution >= 0.6 is 0 Å². The molecule has 264 valence electrons. The van der Waals surface area contributed by atoms with E-state index in [-0.39, 0.29) is 0 Å². The highest BCUT2D eigenvalue weighted by atomic mass is 15.0. The van der Waals surface area contributed by atoms with Gasteiger partial charge in [0.05, 0.1) is 11.0 Å². The van der Waals surface area contributed by atoms with Crippen LogP contribution in [0.15, 0.2) is 194 Å². The van der Waals surface area contributed by atoms with Crippen molar-refractivity contribution in [3.8, 4) is 51.0 Å². The molecule has 0 amide bonds. The van der Waals surface area contributed by atoms with Crippen molar-refractivity contribution in [2.24, 2.45) is 0 Å². The molecule has 0 unspecified atom stereocenters. The van der Waals surface area contributed by atoms with E-state index in [1.165, 1.54) is 54.1 Å². The van der Waals surface area contributed by atoms with Crippen LogP contribution in [0.4, 0.5) is 0 Å². The molecule has 0 fully saturated rings. The van der Waals surface area contributed by atoms with Gasteiger partial charge in [0.25, 0.3) is 0 Å². The molecule has 0 aliphatic rings. The van der Waals surface area contributed by atoms with Gasteiger partial charge in [-0.15, -0.1) is 0 Å². The van der Waals surface area contributed by atoms with Crippen molar-refractivity contribution in [3.63, 3.8) is 0 Å². The normalized spacial score (nSPS) is 11.9. The predicted molar refractivity (Wildman–Crippen MR) is 237 cm³/mol. The van der Waals surface area contributed by atoms with Crippen molar-refractivity contribution < 1.29 is 0 Å². The summed E-state index contributed by atoms with van der Waals surface area (Å²) in [5.41, 5.74) is 8.74. The fraction of sp³-hybridized carbons (Fsp3) is 0. The molecule has 4 heteroatoms. The Labute approximate surface area is 328 Å². The Balaban J connectivity index is 1.15. The number of hydrogen-bond acceptors (Lipinski definition) is 3. The zero-order chi connectivity index (χ0) is 37.5. The van der Waals surface area contributed by atoms with E-state index in [1.54, 1.807) is 0 Å². The highest BCUT2D eigenvalue weighted by Gasteiger charge is 2.23. The summed E-state index contributed by atoms with van der Waals surface area (Å²) in [4.78, 5) is 15.2. The molecular formula is C53H32N4. The highest BCUT2D eigenvalue weighted by molar-refractivity contribution is 6.36. The van der Waals surface area contributed by atoms with E-state index in [0.29, 0.717) is 17.5 Å². The molecule has 12 rings (SSSR count). The number of benzene rings is 10. The third-order valence-corrected chi connectivity index (χ3v) is 11.5. The van der Waals surface area contributed by atoms with Crippen molar-refractivity contribution in [2.45, 2.75) is 0 Å². The zero-order valence-electron chi connectivity index (χ0n) is 30.8. The summed E-state index contributed by atoms with van der Waals surface area (Å²) >= 11 is 0. The van der Waals surface area contributed by atoms with Crippen LogP contribution in [0.5, 0.6) is 0 Å². The summed E-state index contributed by atoms with van der Waals surface area (Å²) in [7, 11) is 0. The maximum Gasteiger partial charge on any atom is 0.164 e. The van der Waals surface area contributed by atoms with E-state index in [4.69, 9.17) is 15.0 Å². The van der Waals surface area contributed by atoms with Crippen molar-refractivity contribution >= 4 is 64.9 Å². The zero-order valence-corrected chi connectivity index (χ0v) is 30.8. The minimum atomic E-state index is 0.647. The molecule has 2 aromatic heterocycles. The second-order valence-electron chi connectivity index (χ2n) is 14.8. The summed E-state index contributed by atoms with van der Waals surface area (Å²) in [6, 6.07) is 69.3. The molecule has 10 aromatic carbocycles. The Morgan fingerprint density at radius 2 is 0.807 bits per heavy atom. The molecule has 0 spiro atoms. The number of aromatic nitrogens is 4. The van der Waals surface area contributed by atoms with Gasteiger partial charge in [0.15, 0.2) is 17.5 Å². The van der Waals surface area contributed by atoms with Gasteiger partial charge in [0, 0.05) is 33.2 Å². The van der Waals surface area contributed by atoms with Gasteiger partial charge in [-0.25, -0.2) is 15.0 Å². The molecule has 0 atom stereocenters. The molecule has 12 aromatic rings. The third kappa shape index (κ3) is 4.91. The van der Waals surface area contributed by atoms with Gasteiger partial charge in [0.2, 0.25) is 0 Å². The molecule has 4 nitrogen and oxygen atoms in total. The van der Waals surface area contributed by atoms with Gasteiger partial charge in [-0.05, 0) is 103 Å². The third-order valence-electron chi connectivity index (χ3n) is 11.5. The number of hydrogen-bond donors (Lipinski definition) is 0. The van der Waals surface area contributed by atoms with Crippen molar-refractivity contribution in [2.75, 3.05) is 0 Å². The second kappa shape index (κ2) is 12.4. The number of rotatable bonds is 5. The second-order valence-corrected chi connectivity index (χ2v) is 14.8. The van der Waals surface area contributed by atoms with Crippen molar-refractivity contribution in [3.05, 3.63) is 194 Å². The summed E-state index contributed by atoms with van der Waals surface area (Å²) in [5, 5.41) is 12.4. The van der Waals surface area contributed by atoms with E-state index < -0.39 is 0 Å². The molecule has 2 heterocycles. The SMILES string of the molecule is c1ccc(-c2nc(-c3ccccc3)nc(-c3ccc(-c4cc5c6cc7ccccc7cc6c6cccc7c6c5c(c4)n7-c4ccccc4)c4ccccc34)n2)cc1. The standard InChI is InChI=1S/C53H32N4/c1-4-15-33(16-5-1)51-54-52(34-17-6-2-7-18-34)56-53(55-51)43-28-27-39(40-23-12-13-24-41(40)43)37-31-46-45-30-36-20-11-10-19-35(36)29-44(45)42-25-14-26-47-49(42)50(46)48(32-37)57(47)38-21-8-3-9-22-38/h1-32H. The van der Waals surface area contributed by atoms with Crippen LogP contribution in [0.3, 0.4) is 0 Å². The smallest absolute Gasteiger partial charge is 0.164 e. The summed E-state index contributed by atoms with van der Waals surface area (Å²) in [6.45, 7) is 0. The van der Waals surface area contributed by atoms with E-state index in [0.717, 1.165) is 44.3 Å². The fourth-order valence-corrected chi connectivity index (χ4v) is 8.99. The van der Waals surface area contributed by atoms with Crippen LogP contribution in [0.25, 0.3) is 116 Å². The molecule has 0 bridgehead atoms. The van der Waals surface area contributed by atoms with Gasteiger partial charge in [0.1, 0.15) is 0 Å². The van der Waals surface area contributed by atoms with Crippen molar-refractivity contribution in [1.82, 2.24) is 19.5 Å². The Kier molecular flexibility index (Phi) is 6.89. The molecular weight excluding hydrogens is 693 g/mol.